The number of piperazine rings is 1. The number of benzene rings is 1. The Morgan fingerprint density at radius 1 is 1.12 bits per heavy atom. The summed E-state index contributed by atoms with van der Waals surface area (Å²) in [7, 11) is 0. The van der Waals surface area contributed by atoms with Gasteiger partial charge in [-0.1, -0.05) is 17.7 Å². The molecule has 180 valence electrons. The van der Waals surface area contributed by atoms with Crippen molar-refractivity contribution in [2.75, 3.05) is 31.1 Å². The third-order valence-electron chi connectivity index (χ3n) is 8.62. The minimum atomic E-state index is -1.17. The van der Waals surface area contributed by atoms with Gasteiger partial charge in [-0.15, -0.1) is 0 Å². The van der Waals surface area contributed by atoms with Crippen LogP contribution in [0.1, 0.15) is 46.0 Å². The molecule has 4 saturated carbocycles. The van der Waals surface area contributed by atoms with Crippen LogP contribution in [0.2, 0.25) is 5.02 Å². The molecule has 1 aromatic carbocycles. The van der Waals surface area contributed by atoms with Crippen LogP contribution in [0.25, 0.3) is 0 Å². The van der Waals surface area contributed by atoms with E-state index in [0.717, 1.165) is 69.0 Å². The molecule has 4 aliphatic carbocycles. The predicted molar refractivity (Wildman–Crippen MR) is 127 cm³/mol. The molecule has 1 aliphatic heterocycles. The highest BCUT2D eigenvalue weighted by Crippen LogP contribution is 2.57. The Balaban J connectivity index is 1.21. The van der Waals surface area contributed by atoms with E-state index in [1.54, 1.807) is 0 Å². The van der Waals surface area contributed by atoms with Crippen molar-refractivity contribution >= 4 is 29.4 Å². The predicted octanol–water partition coefficient (Wildman–Crippen LogP) is 4.00. The number of carbonyl (C=O) groups excluding carboxylic acids is 1. The van der Waals surface area contributed by atoms with Crippen LogP contribution in [0.5, 0.6) is 0 Å². The summed E-state index contributed by atoms with van der Waals surface area (Å²) in [6.45, 7) is 7.35. The highest BCUT2D eigenvalue weighted by atomic mass is 35.5. The molecular weight excluding hydrogens is 442 g/mol. The number of amides is 1. The Labute approximate surface area is 200 Å². The fourth-order valence-corrected chi connectivity index (χ4v) is 7.35. The van der Waals surface area contributed by atoms with E-state index < -0.39 is 17.3 Å². The lowest BCUT2D eigenvalue weighted by Gasteiger charge is -2.59. The Kier molecular flexibility index (Phi) is 5.76. The van der Waals surface area contributed by atoms with Crippen molar-refractivity contribution in [2.24, 2.45) is 17.8 Å². The van der Waals surface area contributed by atoms with Crippen LogP contribution in [0.4, 0.5) is 10.5 Å². The molecule has 2 atom stereocenters. The molecule has 5 fully saturated rings. The van der Waals surface area contributed by atoms with Crippen molar-refractivity contribution in [3.63, 3.8) is 0 Å². The van der Waals surface area contributed by atoms with Crippen LogP contribution in [0.3, 0.4) is 0 Å². The van der Waals surface area contributed by atoms with Crippen LogP contribution < -0.4 is 10.2 Å². The molecule has 1 heterocycles. The first-order valence-electron chi connectivity index (χ1n) is 12.1. The van der Waals surface area contributed by atoms with Gasteiger partial charge in [0.15, 0.2) is 0 Å². The molecular formula is C25H34ClN3O4. The average Bonchev–Trinajstić information content (AvgIpc) is 2.75. The number of carboxylic acid groups (broad SMARTS) is 1. The van der Waals surface area contributed by atoms with Gasteiger partial charge in [-0.05, 0) is 81.9 Å². The van der Waals surface area contributed by atoms with Crippen molar-refractivity contribution in [1.29, 1.82) is 0 Å². The fraction of sp³-hybridized carbons (Fsp3) is 0.680. The molecule has 0 radical (unpaired) electrons. The Hall–Kier alpha value is -1.99. The Bertz CT molecular complexity index is 914. The zero-order chi connectivity index (χ0) is 23.4. The lowest BCUT2D eigenvalue weighted by molar-refractivity contribution is -0.157. The van der Waals surface area contributed by atoms with Crippen molar-refractivity contribution in [3.8, 4) is 0 Å². The molecule has 7 nitrogen and oxygen atoms in total. The molecule has 33 heavy (non-hydrogen) atoms. The second-order valence-corrected chi connectivity index (χ2v) is 11.5. The minimum Gasteiger partial charge on any atom is -0.450 e. The maximum absolute atomic E-state index is 13.5. The van der Waals surface area contributed by atoms with Gasteiger partial charge in [0, 0.05) is 42.9 Å². The summed E-state index contributed by atoms with van der Waals surface area (Å²) in [5, 5.41) is 13.4. The van der Waals surface area contributed by atoms with Crippen molar-refractivity contribution in [1.82, 2.24) is 10.2 Å². The quantitative estimate of drug-likeness (QED) is 0.626. The van der Waals surface area contributed by atoms with Gasteiger partial charge in [-0.25, -0.2) is 4.79 Å². The van der Waals surface area contributed by atoms with E-state index in [4.69, 9.17) is 16.3 Å². The zero-order valence-corrected chi connectivity index (χ0v) is 20.2. The van der Waals surface area contributed by atoms with E-state index in [0.29, 0.717) is 17.8 Å². The third-order valence-corrected chi connectivity index (χ3v) is 8.85. The van der Waals surface area contributed by atoms with Gasteiger partial charge in [-0.2, -0.15) is 0 Å². The summed E-state index contributed by atoms with van der Waals surface area (Å²) in [4.78, 5) is 29.4. The molecule has 2 N–H and O–H groups in total. The maximum atomic E-state index is 13.5. The van der Waals surface area contributed by atoms with Gasteiger partial charge in [-0.3, -0.25) is 9.69 Å². The van der Waals surface area contributed by atoms with E-state index in [1.165, 1.54) is 0 Å². The summed E-state index contributed by atoms with van der Waals surface area (Å²) in [5.74, 6) is 1.19. The van der Waals surface area contributed by atoms with E-state index in [1.807, 2.05) is 32.0 Å². The highest BCUT2D eigenvalue weighted by Gasteiger charge is 2.58. The lowest BCUT2D eigenvalue weighted by atomic mass is 9.52. The SMILES string of the molecule is CC(C)(C(=O)NC1C2CC3CC1CC(OC(=O)O)(C3)C2)N1CCN(c2cccc(Cl)c2)CC1. The molecule has 0 aromatic heterocycles. The van der Waals surface area contributed by atoms with Crippen LogP contribution in [-0.2, 0) is 9.53 Å². The van der Waals surface area contributed by atoms with Crippen LogP contribution >= 0.6 is 11.6 Å². The first kappa shape index (κ1) is 22.8. The third kappa shape index (κ3) is 4.30. The minimum absolute atomic E-state index is 0.0735. The maximum Gasteiger partial charge on any atom is 0.506 e. The lowest BCUT2D eigenvalue weighted by Crippen LogP contribution is -2.66. The second-order valence-electron chi connectivity index (χ2n) is 11.0. The second kappa shape index (κ2) is 8.35. The Morgan fingerprint density at radius 3 is 2.39 bits per heavy atom. The molecule has 0 spiro atoms. The molecule has 6 rings (SSSR count). The number of carbonyl (C=O) groups is 2. The molecule has 1 saturated heterocycles. The average molecular weight is 476 g/mol. The normalized spacial score (nSPS) is 33.7. The number of rotatable bonds is 5. The van der Waals surface area contributed by atoms with Gasteiger partial charge in [0.1, 0.15) is 5.60 Å². The number of anilines is 1. The molecule has 5 aliphatic rings. The molecule has 1 amide bonds. The van der Waals surface area contributed by atoms with E-state index >= 15 is 0 Å². The summed E-state index contributed by atoms with van der Waals surface area (Å²) in [6.07, 6.45) is 3.26. The van der Waals surface area contributed by atoms with E-state index in [2.05, 4.69) is 21.2 Å². The Morgan fingerprint density at radius 2 is 1.79 bits per heavy atom. The highest BCUT2D eigenvalue weighted by molar-refractivity contribution is 6.30. The van der Waals surface area contributed by atoms with Gasteiger partial charge >= 0.3 is 6.16 Å². The monoisotopic (exact) mass is 475 g/mol. The molecule has 1 aromatic rings. The van der Waals surface area contributed by atoms with Gasteiger partial charge in [0.2, 0.25) is 5.91 Å². The number of halogens is 1. The van der Waals surface area contributed by atoms with E-state index in [9.17, 15) is 14.7 Å². The van der Waals surface area contributed by atoms with Crippen LogP contribution in [-0.4, -0.2) is 65.4 Å². The van der Waals surface area contributed by atoms with Gasteiger partial charge in [0.05, 0.1) is 5.54 Å². The number of hydrogen-bond donors (Lipinski definition) is 2. The summed E-state index contributed by atoms with van der Waals surface area (Å²) in [5.41, 5.74) is -0.0180. The topological polar surface area (TPSA) is 82.1 Å². The van der Waals surface area contributed by atoms with E-state index in [-0.39, 0.29) is 11.9 Å². The van der Waals surface area contributed by atoms with Crippen molar-refractivity contribution < 1.29 is 19.4 Å². The standard InChI is InChI=1S/C25H34ClN3O4/c1-24(2,29-8-6-28(7-9-29)20-5-3-4-19(26)12-20)22(30)27-21-17-10-16-11-18(21)15-25(13-16,14-17)33-23(31)32/h3-5,12,16-18,21H,6-11,13-15H2,1-2H3,(H,27,30)(H,31,32). The first-order chi connectivity index (χ1) is 15.6. The molecule has 8 heteroatoms. The van der Waals surface area contributed by atoms with Crippen molar-refractivity contribution in [2.45, 2.75) is 63.1 Å². The summed E-state index contributed by atoms with van der Waals surface area (Å²) in [6, 6.07) is 8.04. The fourth-order valence-electron chi connectivity index (χ4n) is 7.16. The smallest absolute Gasteiger partial charge is 0.450 e. The number of ether oxygens (including phenoxy) is 1. The summed E-state index contributed by atoms with van der Waals surface area (Å²) < 4.78 is 5.40. The number of hydrogen-bond acceptors (Lipinski definition) is 5. The number of nitrogens with one attached hydrogen (secondary N) is 1. The van der Waals surface area contributed by atoms with Crippen LogP contribution in [0.15, 0.2) is 24.3 Å². The largest absolute Gasteiger partial charge is 0.506 e. The summed E-state index contributed by atoms with van der Waals surface area (Å²) >= 11 is 6.16. The molecule has 4 bridgehead atoms. The zero-order valence-electron chi connectivity index (χ0n) is 19.4. The van der Waals surface area contributed by atoms with Crippen LogP contribution in [0, 0.1) is 17.8 Å². The van der Waals surface area contributed by atoms with Gasteiger partial charge in [0.25, 0.3) is 0 Å². The molecule has 2 unspecified atom stereocenters. The van der Waals surface area contributed by atoms with Crippen molar-refractivity contribution in [3.05, 3.63) is 29.3 Å². The van der Waals surface area contributed by atoms with Gasteiger partial charge < -0.3 is 20.1 Å². The number of nitrogens with zero attached hydrogens (tertiary/aromatic N) is 2. The first-order valence-corrected chi connectivity index (χ1v) is 12.5.